The fraction of sp³-hybridized carbons (Fsp3) is 1.00. The summed E-state index contributed by atoms with van der Waals surface area (Å²) >= 11 is 0. The Morgan fingerprint density at radius 3 is 2.00 bits per heavy atom. The molecule has 0 rings (SSSR count). The van der Waals surface area contributed by atoms with Crippen LogP contribution in [0.5, 0.6) is 0 Å². The molecule has 0 aromatic heterocycles. The molecule has 2 unspecified atom stereocenters. The Hall–Kier alpha value is -0.0800. The lowest BCUT2D eigenvalue weighted by atomic mass is 9.78. The average Bonchev–Trinajstić information content (AvgIpc) is 2.12. The Balaban J connectivity index is 4.14. The van der Waals surface area contributed by atoms with Crippen molar-refractivity contribution in [1.82, 2.24) is 0 Å². The monoisotopic (exact) mass is 229 g/mol. The van der Waals surface area contributed by atoms with Crippen molar-refractivity contribution in [1.29, 1.82) is 0 Å². The third-order valence-corrected chi connectivity index (χ3v) is 3.78. The number of nitrogens with two attached hydrogens (primary N) is 1. The first kappa shape index (κ1) is 15.9. The zero-order valence-electron chi connectivity index (χ0n) is 12.3. The Kier molecular flexibility index (Phi) is 5.99. The van der Waals surface area contributed by atoms with Crippen molar-refractivity contribution >= 4 is 0 Å². The highest BCUT2D eigenvalue weighted by molar-refractivity contribution is 4.77. The predicted octanol–water partition coefficient (Wildman–Crippen LogP) is 3.59. The minimum atomic E-state index is -0.105. The van der Waals surface area contributed by atoms with E-state index in [4.69, 9.17) is 10.5 Å². The van der Waals surface area contributed by atoms with E-state index in [0.29, 0.717) is 11.3 Å². The molecular weight excluding hydrogens is 198 g/mol. The van der Waals surface area contributed by atoms with Crippen LogP contribution in [0.15, 0.2) is 0 Å². The minimum absolute atomic E-state index is 0.105. The van der Waals surface area contributed by atoms with Crippen molar-refractivity contribution in [2.75, 3.05) is 6.61 Å². The molecule has 0 aliphatic heterocycles. The summed E-state index contributed by atoms with van der Waals surface area (Å²) in [6.45, 7) is 16.2. The van der Waals surface area contributed by atoms with Gasteiger partial charge < -0.3 is 10.5 Å². The second-order valence-electron chi connectivity index (χ2n) is 6.50. The van der Waals surface area contributed by atoms with Gasteiger partial charge in [-0.15, -0.1) is 0 Å². The molecule has 2 heteroatoms. The summed E-state index contributed by atoms with van der Waals surface area (Å²) < 4.78 is 6.01. The first-order valence-electron chi connectivity index (χ1n) is 6.50. The van der Waals surface area contributed by atoms with Crippen LogP contribution in [-0.2, 0) is 4.74 Å². The van der Waals surface area contributed by atoms with Crippen LogP contribution in [0.1, 0.15) is 61.3 Å². The zero-order valence-corrected chi connectivity index (χ0v) is 12.3. The summed E-state index contributed by atoms with van der Waals surface area (Å²) in [5.41, 5.74) is 6.06. The molecule has 16 heavy (non-hydrogen) atoms. The Morgan fingerprint density at radius 1 is 1.12 bits per heavy atom. The molecule has 0 radical (unpaired) electrons. The molecule has 2 nitrogen and oxygen atoms in total. The van der Waals surface area contributed by atoms with Crippen LogP contribution in [0.3, 0.4) is 0 Å². The van der Waals surface area contributed by atoms with Gasteiger partial charge in [-0.25, -0.2) is 0 Å². The summed E-state index contributed by atoms with van der Waals surface area (Å²) in [4.78, 5) is 0. The molecule has 0 spiro atoms. The maximum absolute atomic E-state index is 6.01. The standard InChI is InChI=1S/C14H31NO/c1-8-13(4,5)11(2)10-16-14(6,7)9-12(3)15/h11-12H,8-10,15H2,1-7H3. The molecule has 2 atom stereocenters. The van der Waals surface area contributed by atoms with E-state index in [1.807, 2.05) is 6.92 Å². The van der Waals surface area contributed by atoms with Gasteiger partial charge in [0.2, 0.25) is 0 Å². The first-order valence-corrected chi connectivity index (χ1v) is 6.50. The molecule has 0 amide bonds. The average molecular weight is 229 g/mol. The van der Waals surface area contributed by atoms with E-state index in [2.05, 4.69) is 41.5 Å². The van der Waals surface area contributed by atoms with Gasteiger partial charge in [-0.2, -0.15) is 0 Å². The van der Waals surface area contributed by atoms with E-state index < -0.39 is 0 Å². The van der Waals surface area contributed by atoms with Gasteiger partial charge in [0.15, 0.2) is 0 Å². The molecular formula is C14H31NO. The summed E-state index contributed by atoms with van der Waals surface area (Å²) in [5, 5.41) is 0. The zero-order chi connectivity index (χ0) is 13.0. The van der Waals surface area contributed by atoms with Gasteiger partial charge in [-0.3, -0.25) is 0 Å². The summed E-state index contributed by atoms with van der Waals surface area (Å²) in [5.74, 6) is 0.574. The molecule has 0 saturated heterocycles. The molecule has 0 bridgehead atoms. The Bertz CT molecular complexity index is 197. The lowest BCUT2D eigenvalue weighted by Crippen LogP contribution is -2.36. The normalized spacial score (nSPS) is 17.2. The molecule has 2 N–H and O–H groups in total. The molecule has 0 aliphatic rings. The predicted molar refractivity (Wildman–Crippen MR) is 71.5 cm³/mol. The van der Waals surface area contributed by atoms with Crippen LogP contribution in [0.4, 0.5) is 0 Å². The van der Waals surface area contributed by atoms with Crippen molar-refractivity contribution < 1.29 is 4.74 Å². The second kappa shape index (κ2) is 6.02. The van der Waals surface area contributed by atoms with Crippen molar-refractivity contribution in [2.24, 2.45) is 17.1 Å². The van der Waals surface area contributed by atoms with Gasteiger partial charge in [-0.05, 0) is 38.5 Å². The largest absolute Gasteiger partial charge is 0.375 e. The van der Waals surface area contributed by atoms with Crippen LogP contribution < -0.4 is 5.73 Å². The lowest BCUT2D eigenvalue weighted by Gasteiger charge is -2.34. The second-order valence-corrected chi connectivity index (χ2v) is 6.50. The van der Waals surface area contributed by atoms with Gasteiger partial charge >= 0.3 is 0 Å². The molecule has 0 aromatic rings. The lowest BCUT2D eigenvalue weighted by molar-refractivity contribution is -0.0585. The van der Waals surface area contributed by atoms with E-state index in [-0.39, 0.29) is 11.6 Å². The highest BCUT2D eigenvalue weighted by Crippen LogP contribution is 2.31. The SMILES string of the molecule is CCC(C)(C)C(C)COC(C)(C)CC(C)N. The third kappa shape index (κ3) is 5.86. The van der Waals surface area contributed by atoms with Gasteiger partial charge in [0, 0.05) is 6.04 Å². The molecule has 0 fully saturated rings. The first-order chi connectivity index (χ1) is 7.10. The van der Waals surface area contributed by atoms with E-state index >= 15 is 0 Å². The van der Waals surface area contributed by atoms with Crippen molar-refractivity contribution in [3.05, 3.63) is 0 Å². The Morgan fingerprint density at radius 2 is 1.62 bits per heavy atom. The topological polar surface area (TPSA) is 35.2 Å². The summed E-state index contributed by atoms with van der Waals surface area (Å²) in [6.07, 6.45) is 2.09. The molecule has 0 heterocycles. The van der Waals surface area contributed by atoms with E-state index in [9.17, 15) is 0 Å². The number of rotatable bonds is 7. The number of hydrogen-bond donors (Lipinski definition) is 1. The van der Waals surface area contributed by atoms with E-state index in [0.717, 1.165) is 13.0 Å². The molecule has 0 saturated carbocycles. The Labute approximate surface area is 102 Å². The molecule has 0 aliphatic carbocycles. The van der Waals surface area contributed by atoms with Crippen LogP contribution in [-0.4, -0.2) is 18.2 Å². The maximum atomic E-state index is 6.01. The summed E-state index contributed by atoms with van der Waals surface area (Å²) in [7, 11) is 0. The fourth-order valence-electron chi connectivity index (χ4n) is 1.76. The van der Waals surface area contributed by atoms with Crippen molar-refractivity contribution in [2.45, 2.75) is 73.0 Å². The highest BCUT2D eigenvalue weighted by Gasteiger charge is 2.27. The quantitative estimate of drug-likeness (QED) is 0.724. The van der Waals surface area contributed by atoms with Gasteiger partial charge in [0.25, 0.3) is 0 Å². The van der Waals surface area contributed by atoms with Crippen LogP contribution in [0, 0.1) is 11.3 Å². The van der Waals surface area contributed by atoms with Gasteiger partial charge in [0.1, 0.15) is 0 Å². The number of ether oxygens (including phenoxy) is 1. The minimum Gasteiger partial charge on any atom is -0.375 e. The third-order valence-electron chi connectivity index (χ3n) is 3.78. The van der Waals surface area contributed by atoms with Crippen molar-refractivity contribution in [3.63, 3.8) is 0 Å². The van der Waals surface area contributed by atoms with E-state index in [1.165, 1.54) is 6.42 Å². The summed E-state index contributed by atoms with van der Waals surface area (Å²) in [6, 6.07) is 0.199. The van der Waals surface area contributed by atoms with Crippen molar-refractivity contribution in [3.8, 4) is 0 Å². The fourth-order valence-corrected chi connectivity index (χ4v) is 1.76. The van der Waals surface area contributed by atoms with Crippen LogP contribution in [0.2, 0.25) is 0 Å². The smallest absolute Gasteiger partial charge is 0.0641 e. The maximum Gasteiger partial charge on any atom is 0.0641 e. The molecule has 0 aromatic carbocycles. The number of hydrogen-bond acceptors (Lipinski definition) is 2. The van der Waals surface area contributed by atoms with Crippen LogP contribution >= 0.6 is 0 Å². The van der Waals surface area contributed by atoms with E-state index in [1.54, 1.807) is 0 Å². The molecule has 98 valence electrons. The van der Waals surface area contributed by atoms with Gasteiger partial charge in [0.05, 0.1) is 12.2 Å². The van der Waals surface area contributed by atoms with Crippen LogP contribution in [0.25, 0.3) is 0 Å². The highest BCUT2D eigenvalue weighted by atomic mass is 16.5. The van der Waals surface area contributed by atoms with Gasteiger partial charge in [-0.1, -0.05) is 34.1 Å².